The van der Waals surface area contributed by atoms with Gasteiger partial charge in [0.25, 0.3) is 0 Å². The smallest absolute Gasteiger partial charge is 0.231 e. The Hall–Kier alpha value is -1.73. The van der Waals surface area contributed by atoms with Crippen LogP contribution in [0.5, 0.6) is 11.5 Å². The van der Waals surface area contributed by atoms with Crippen LogP contribution in [-0.4, -0.2) is 25.3 Å². The number of ether oxygens (including phenoxy) is 2. The van der Waals surface area contributed by atoms with Gasteiger partial charge < -0.3 is 9.47 Å². The van der Waals surface area contributed by atoms with E-state index in [0.717, 1.165) is 36.4 Å². The van der Waals surface area contributed by atoms with Crippen molar-refractivity contribution in [2.45, 2.75) is 25.8 Å². The summed E-state index contributed by atoms with van der Waals surface area (Å²) in [4.78, 5) is 2.07. The highest BCUT2D eigenvalue weighted by Gasteiger charge is 2.20. The van der Waals surface area contributed by atoms with Gasteiger partial charge in [0.15, 0.2) is 11.5 Å². The molecule has 1 aliphatic heterocycles. The van der Waals surface area contributed by atoms with E-state index in [1.165, 1.54) is 0 Å². The molecule has 1 aromatic carbocycles. The minimum absolute atomic E-state index is 0.231. The second-order valence-electron chi connectivity index (χ2n) is 4.48. The third-order valence-corrected chi connectivity index (χ3v) is 3.14. The zero-order valence-electron chi connectivity index (χ0n) is 10.8. The second-order valence-corrected chi connectivity index (χ2v) is 4.48. The van der Waals surface area contributed by atoms with Gasteiger partial charge in [0.2, 0.25) is 6.79 Å². The van der Waals surface area contributed by atoms with Crippen molar-refractivity contribution in [1.82, 2.24) is 4.90 Å². The Labute approximate surface area is 108 Å². The molecule has 0 N–H and O–H groups in total. The van der Waals surface area contributed by atoms with E-state index < -0.39 is 0 Å². The molecular formula is C14H18N2O2. The highest BCUT2D eigenvalue weighted by atomic mass is 16.7. The van der Waals surface area contributed by atoms with Crippen LogP contribution in [0, 0.1) is 11.3 Å². The summed E-state index contributed by atoms with van der Waals surface area (Å²) in [5, 5.41) is 9.33. The van der Waals surface area contributed by atoms with Gasteiger partial charge in [-0.05, 0) is 37.7 Å². The number of unbranched alkanes of at least 4 members (excludes halogenated alkanes) is 1. The number of hydrogen-bond donors (Lipinski definition) is 0. The van der Waals surface area contributed by atoms with Crippen LogP contribution in [0.2, 0.25) is 0 Å². The minimum atomic E-state index is -0.231. The molecule has 0 fully saturated rings. The van der Waals surface area contributed by atoms with Gasteiger partial charge in [0.1, 0.15) is 6.04 Å². The maximum atomic E-state index is 9.33. The lowest BCUT2D eigenvalue weighted by molar-refractivity contribution is 0.174. The predicted molar refractivity (Wildman–Crippen MR) is 68.5 cm³/mol. The topological polar surface area (TPSA) is 45.5 Å². The molecule has 1 aromatic rings. The van der Waals surface area contributed by atoms with Crippen molar-refractivity contribution < 1.29 is 9.47 Å². The van der Waals surface area contributed by atoms with Crippen LogP contribution in [0.1, 0.15) is 31.4 Å². The first-order valence-corrected chi connectivity index (χ1v) is 6.25. The molecule has 0 spiro atoms. The molecule has 0 saturated carbocycles. The van der Waals surface area contributed by atoms with Crippen molar-refractivity contribution in [2.75, 3.05) is 20.4 Å². The van der Waals surface area contributed by atoms with E-state index in [2.05, 4.69) is 17.9 Å². The molecule has 0 radical (unpaired) electrons. The molecule has 0 amide bonds. The largest absolute Gasteiger partial charge is 0.454 e. The van der Waals surface area contributed by atoms with Gasteiger partial charge in [-0.2, -0.15) is 5.26 Å². The quantitative estimate of drug-likeness (QED) is 0.801. The Morgan fingerprint density at radius 3 is 2.89 bits per heavy atom. The molecule has 4 nitrogen and oxygen atoms in total. The van der Waals surface area contributed by atoms with Crippen molar-refractivity contribution in [3.63, 3.8) is 0 Å². The molecule has 0 aromatic heterocycles. The molecular weight excluding hydrogens is 228 g/mol. The van der Waals surface area contributed by atoms with Crippen LogP contribution in [0.25, 0.3) is 0 Å². The van der Waals surface area contributed by atoms with E-state index in [4.69, 9.17) is 9.47 Å². The molecule has 1 unspecified atom stereocenters. The Kier molecular flexibility index (Phi) is 4.06. The number of nitrogens with zero attached hydrogens (tertiary/aromatic N) is 2. The van der Waals surface area contributed by atoms with E-state index >= 15 is 0 Å². The molecule has 0 bridgehead atoms. The summed E-state index contributed by atoms with van der Waals surface area (Å²) >= 11 is 0. The maximum absolute atomic E-state index is 9.33. The molecule has 1 aliphatic rings. The molecule has 0 aliphatic carbocycles. The number of fused-ring (bicyclic) bond motifs is 1. The Morgan fingerprint density at radius 1 is 1.39 bits per heavy atom. The van der Waals surface area contributed by atoms with E-state index in [9.17, 15) is 5.26 Å². The Morgan fingerprint density at radius 2 is 2.17 bits per heavy atom. The molecule has 18 heavy (non-hydrogen) atoms. The van der Waals surface area contributed by atoms with Crippen molar-refractivity contribution in [1.29, 1.82) is 5.26 Å². The molecule has 96 valence electrons. The van der Waals surface area contributed by atoms with Crippen LogP contribution in [0.3, 0.4) is 0 Å². The average molecular weight is 246 g/mol. The lowest BCUT2D eigenvalue weighted by Crippen LogP contribution is -2.24. The van der Waals surface area contributed by atoms with E-state index in [-0.39, 0.29) is 12.8 Å². The summed E-state index contributed by atoms with van der Waals surface area (Å²) in [6, 6.07) is 7.82. The molecule has 1 atom stereocenters. The first-order valence-electron chi connectivity index (χ1n) is 6.25. The molecule has 2 rings (SSSR count). The van der Waals surface area contributed by atoms with Crippen molar-refractivity contribution in [2.24, 2.45) is 0 Å². The fourth-order valence-corrected chi connectivity index (χ4v) is 2.05. The predicted octanol–water partition coefficient (Wildman–Crippen LogP) is 2.71. The Bertz CT molecular complexity index is 454. The summed E-state index contributed by atoms with van der Waals surface area (Å²) in [6.45, 7) is 3.33. The summed E-state index contributed by atoms with van der Waals surface area (Å²) in [6.07, 6.45) is 2.23. The fraction of sp³-hybridized carbons (Fsp3) is 0.500. The third kappa shape index (κ3) is 2.57. The molecule has 4 heteroatoms. The van der Waals surface area contributed by atoms with E-state index in [0.29, 0.717) is 0 Å². The third-order valence-electron chi connectivity index (χ3n) is 3.14. The summed E-state index contributed by atoms with van der Waals surface area (Å²) in [5.74, 6) is 1.49. The summed E-state index contributed by atoms with van der Waals surface area (Å²) in [7, 11) is 1.98. The van der Waals surface area contributed by atoms with Crippen LogP contribution in [0.15, 0.2) is 18.2 Å². The highest BCUT2D eigenvalue weighted by Crippen LogP contribution is 2.35. The zero-order valence-corrected chi connectivity index (χ0v) is 10.8. The van der Waals surface area contributed by atoms with Gasteiger partial charge in [0.05, 0.1) is 6.07 Å². The van der Waals surface area contributed by atoms with Gasteiger partial charge in [-0.15, -0.1) is 0 Å². The SMILES string of the molecule is CCCCN(C)C(C#N)c1ccc2c(c1)OCO2. The van der Waals surface area contributed by atoms with Crippen LogP contribution >= 0.6 is 0 Å². The van der Waals surface area contributed by atoms with Crippen molar-refractivity contribution in [3.05, 3.63) is 23.8 Å². The van der Waals surface area contributed by atoms with Crippen LogP contribution in [0.4, 0.5) is 0 Å². The number of hydrogen-bond acceptors (Lipinski definition) is 4. The summed E-state index contributed by atoms with van der Waals surface area (Å²) in [5.41, 5.74) is 0.959. The fourth-order valence-electron chi connectivity index (χ4n) is 2.05. The zero-order chi connectivity index (χ0) is 13.0. The maximum Gasteiger partial charge on any atom is 0.231 e. The second kappa shape index (κ2) is 5.74. The molecule has 0 saturated heterocycles. The van der Waals surface area contributed by atoms with Gasteiger partial charge in [0, 0.05) is 0 Å². The van der Waals surface area contributed by atoms with Crippen molar-refractivity contribution in [3.8, 4) is 17.6 Å². The van der Waals surface area contributed by atoms with Crippen molar-refractivity contribution >= 4 is 0 Å². The highest BCUT2D eigenvalue weighted by molar-refractivity contribution is 5.46. The first kappa shape index (κ1) is 12.7. The molecule has 1 heterocycles. The lowest BCUT2D eigenvalue weighted by atomic mass is 10.1. The number of nitriles is 1. The normalized spacial score (nSPS) is 14.6. The summed E-state index contributed by atoms with van der Waals surface area (Å²) < 4.78 is 10.6. The number of benzene rings is 1. The van der Waals surface area contributed by atoms with Crippen LogP contribution in [-0.2, 0) is 0 Å². The van der Waals surface area contributed by atoms with E-state index in [1.54, 1.807) is 0 Å². The number of rotatable bonds is 5. The standard InChI is InChI=1S/C14H18N2O2/c1-3-4-7-16(2)12(9-15)11-5-6-13-14(8-11)18-10-17-13/h5-6,8,12H,3-4,7,10H2,1-2H3. The van der Waals surface area contributed by atoms with Gasteiger partial charge in [-0.25, -0.2) is 0 Å². The first-order chi connectivity index (χ1) is 8.76. The average Bonchev–Trinajstić information content (AvgIpc) is 2.84. The van der Waals surface area contributed by atoms with Crippen LogP contribution < -0.4 is 9.47 Å². The van der Waals surface area contributed by atoms with Gasteiger partial charge >= 0.3 is 0 Å². The Balaban J connectivity index is 2.15. The van der Waals surface area contributed by atoms with E-state index in [1.807, 2.05) is 25.2 Å². The minimum Gasteiger partial charge on any atom is -0.454 e. The van der Waals surface area contributed by atoms with Gasteiger partial charge in [-0.3, -0.25) is 4.90 Å². The lowest BCUT2D eigenvalue weighted by Gasteiger charge is -2.22. The monoisotopic (exact) mass is 246 g/mol. The van der Waals surface area contributed by atoms with Gasteiger partial charge in [-0.1, -0.05) is 19.4 Å².